The van der Waals surface area contributed by atoms with Gasteiger partial charge >= 0.3 is 0 Å². The van der Waals surface area contributed by atoms with E-state index in [0.29, 0.717) is 10.8 Å². The van der Waals surface area contributed by atoms with Crippen LogP contribution in [0, 0.1) is 17.6 Å². The van der Waals surface area contributed by atoms with Crippen molar-refractivity contribution in [2.45, 2.75) is 30.2 Å². The number of rotatable bonds is 6. The quantitative estimate of drug-likeness (QED) is 0.818. The maximum atomic E-state index is 13.2. The Hall–Kier alpha value is -1.39. The minimum atomic E-state index is -0.814. The van der Waals surface area contributed by atoms with Crippen molar-refractivity contribution in [3.63, 3.8) is 0 Å². The van der Waals surface area contributed by atoms with E-state index in [9.17, 15) is 8.78 Å². The monoisotopic (exact) mass is 307 g/mol. The van der Waals surface area contributed by atoms with Crippen LogP contribution in [0.15, 0.2) is 52.3 Å². The predicted octanol–water partition coefficient (Wildman–Crippen LogP) is 4.86. The molecule has 0 aliphatic carbocycles. The van der Waals surface area contributed by atoms with Gasteiger partial charge in [-0.2, -0.15) is 0 Å². The van der Waals surface area contributed by atoms with Crippen molar-refractivity contribution in [1.82, 2.24) is 5.32 Å². The molecule has 112 valence electrons. The van der Waals surface area contributed by atoms with Gasteiger partial charge in [0.15, 0.2) is 11.6 Å². The van der Waals surface area contributed by atoms with Crippen LogP contribution in [0.2, 0.25) is 0 Å². The lowest BCUT2D eigenvalue weighted by atomic mass is 10.2. The van der Waals surface area contributed by atoms with Gasteiger partial charge in [0.25, 0.3) is 0 Å². The Labute approximate surface area is 128 Å². The first-order valence-corrected chi connectivity index (χ1v) is 7.79. The van der Waals surface area contributed by atoms with Gasteiger partial charge in [0.05, 0.1) is 0 Å². The van der Waals surface area contributed by atoms with Crippen LogP contribution in [0.5, 0.6) is 0 Å². The van der Waals surface area contributed by atoms with E-state index in [2.05, 4.69) is 31.3 Å². The average molecular weight is 307 g/mol. The van der Waals surface area contributed by atoms with Crippen molar-refractivity contribution in [1.29, 1.82) is 0 Å². The first-order chi connectivity index (χ1) is 10.0. The Balaban J connectivity index is 1.94. The van der Waals surface area contributed by atoms with Crippen LogP contribution in [0.3, 0.4) is 0 Å². The lowest BCUT2D eigenvalue weighted by molar-refractivity contribution is 0.506. The molecule has 2 aromatic carbocycles. The number of hydrogen-bond acceptors (Lipinski definition) is 2. The van der Waals surface area contributed by atoms with Gasteiger partial charge < -0.3 is 5.32 Å². The Morgan fingerprint density at radius 2 is 1.62 bits per heavy atom. The second-order valence-electron chi connectivity index (χ2n) is 5.35. The molecule has 0 radical (unpaired) electrons. The second-order valence-corrected chi connectivity index (χ2v) is 6.49. The highest BCUT2D eigenvalue weighted by atomic mass is 32.2. The Morgan fingerprint density at radius 3 is 2.24 bits per heavy atom. The first-order valence-electron chi connectivity index (χ1n) is 6.97. The maximum absolute atomic E-state index is 13.2. The summed E-state index contributed by atoms with van der Waals surface area (Å²) in [4.78, 5) is 1.70. The van der Waals surface area contributed by atoms with Gasteiger partial charge in [-0.1, -0.05) is 37.7 Å². The summed E-state index contributed by atoms with van der Waals surface area (Å²) in [5.41, 5.74) is 1.21. The molecular weight excluding hydrogens is 288 g/mol. The Kier molecular flexibility index (Phi) is 5.76. The average Bonchev–Trinajstić information content (AvgIpc) is 2.44. The van der Waals surface area contributed by atoms with Gasteiger partial charge in [0.2, 0.25) is 0 Å². The third-order valence-corrected chi connectivity index (χ3v) is 3.93. The van der Waals surface area contributed by atoms with Gasteiger partial charge in [-0.3, -0.25) is 0 Å². The van der Waals surface area contributed by atoms with E-state index in [1.54, 1.807) is 6.07 Å². The van der Waals surface area contributed by atoms with Crippen LogP contribution in [0.25, 0.3) is 0 Å². The Bertz CT molecular complexity index is 582. The smallest absolute Gasteiger partial charge is 0.159 e. The first kappa shape index (κ1) is 16.0. The molecule has 0 heterocycles. The molecule has 21 heavy (non-hydrogen) atoms. The molecule has 0 amide bonds. The van der Waals surface area contributed by atoms with Crippen molar-refractivity contribution in [3.8, 4) is 0 Å². The molecular formula is C17H19F2NS. The summed E-state index contributed by atoms with van der Waals surface area (Å²) in [6.45, 7) is 6.18. The molecule has 0 saturated carbocycles. The van der Waals surface area contributed by atoms with E-state index in [0.717, 1.165) is 24.1 Å². The standard InChI is InChI=1S/C17H19F2NS/c1-12(2)10-20-11-13-3-5-14(6-4-13)21-15-7-8-16(18)17(19)9-15/h3-9,12,20H,10-11H2,1-2H3. The molecule has 0 aliphatic heterocycles. The molecule has 0 fully saturated rings. The van der Waals surface area contributed by atoms with Crippen LogP contribution >= 0.6 is 11.8 Å². The molecule has 2 rings (SSSR count). The second kappa shape index (κ2) is 7.57. The van der Waals surface area contributed by atoms with E-state index in [-0.39, 0.29) is 0 Å². The zero-order chi connectivity index (χ0) is 15.2. The van der Waals surface area contributed by atoms with Crippen LogP contribution in [-0.2, 0) is 6.54 Å². The molecule has 0 spiro atoms. The van der Waals surface area contributed by atoms with Crippen molar-refractivity contribution in [2.24, 2.45) is 5.92 Å². The summed E-state index contributed by atoms with van der Waals surface area (Å²) in [5.74, 6) is -0.992. The zero-order valence-electron chi connectivity index (χ0n) is 12.2. The molecule has 1 nitrogen and oxygen atoms in total. The molecule has 0 aromatic heterocycles. The fraction of sp³-hybridized carbons (Fsp3) is 0.294. The van der Waals surface area contributed by atoms with Crippen molar-refractivity contribution in [3.05, 3.63) is 59.7 Å². The highest BCUT2D eigenvalue weighted by molar-refractivity contribution is 7.99. The molecule has 0 atom stereocenters. The predicted molar refractivity (Wildman–Crippen MR) is 83.5 cm³/mol. The van der Waals surface area contributed by atoms with E-state index >= 15 is 0 Å². The Morgan fingerprint density at radius 1 is 0.952 bits per heavy atom. The summed E-state index contributed by atoms with van der Waals surface area (Å²) in [5, 5.41) is 3.39. The van der Waals surface area contributed by atoms with Crippen molar-refractivity contribution < 1.29 is 8.78 Å². The number of benzene rings is 2. The number of halogens is 2. The summed E-state index contributed by atoms with van der Waals surface area (Å²) in [6, 6.07) is 12.1. The van der Waals surface area contributed by atoms with Gasteiger partial charge in [0, 0.05) is 16.3 Å². The molecule has 0 unspecified atom stereocenters. The van der Waals surface area contributed by atoms with Crippen LogP contribution in [-0.4, -0.2) is 6.54 Å². The van der Waals surface area contributed by atoms with Gasteiger partial charge in [-0.15, -0.1) is 0 Å². The molecule has 2 aromatic rings. The lowest BCUT2D eigenvalue weighted by Gasteiger charge is -2.08. The van der Waals surface area contributed by atoms with Gasteiger partial charge in [-0.05, 0) is 48.4 Å². The minimum absolute atomic E-state index is 0.633. The van der Waals surface area contributed by atoms with Crippen molar-refractivity contribution in [2.75, 3.05) is 6.54 Å². The fourth-order valence-electron chi connectivity index (χ4n) is 1.86. The summed E-state index contributed by atoms with van der Waals surface area (Å²) < 4.78 is 26.0. The summed E-state index contributed by atoms with van der Waals surface area (Å²) in [7, 11) is 0. The van der Waals surface area contributed by atoms with E-state index in [4.69, 9.17) is 0 Å². The van der Waals surface area contributed by atoms with Crippen LogP contribution in [0.4, 0.5) is 8.78 Å². The highest BCUT2D eigenvalue weighted by Gasteiger charge is 2.04. The molecule has 0 saturated heterocycles. The van der Waals surface area contributed by atoms with Gasteiger partial charge in [0.1, 0.15) is 0 Å². The van der Waals surface area contributed by atoms with E-state index < -0.39 is 11.6 Å². The summed E-state index contributed by atoms with van der Waals surface area (Å²) >= 11 is 1.42. The largest absolute Gasteiger partial charge is 0.312 e. The van der Waals surface area contributed by atoms with E-state index in [1.165, 1.54) is 23.4 Å². The fourth-order valence-corrected chi connectivity index (χ4v) is 2.70. The van der Waals surface area contributed by atoms with Crippen LogP contribution < -0.4 is 5.32 Å². The van der Waals surface area contributed by atoms with E-state index in [1.807, 2.05) is 12.1 Å². The number of nitrogens with one attached hydrogen (secondary N) is 1. The molecule has 1 N–H and O–H groups in total. The lowest BCUT2D eigenvalue weighted by Crippen LogP contribution is -2.18. The third-order valence-electron chi connectivity index (χ3n) is 2.93. The third kappa shape index (κ3) is 5.14. The topological polar surface area (TPSA) is 12.0 Å². The zero-order valence-corrected chi connectivity index (χ0v) is 13.0. The molecule has 0 aliphatic rings. The molecule has 4 heteroatoms. The highest BCUT2D eigenvalue weighted by Crippen LogP contribution is 2.28. The van der Waals surface area contributed by atoms with Crippen molar-refractivity contribution >= 4 is 11.8 Å². The minimum Gasteiger partial charge on any atom is -0.312 e. The molecule has 0 bridgehead atoms. The maximum Gasteiger partial charge on any atom is 0.159 e. The number of hydrogen-bond donors (Lipinski definition) is 1. The normalized spacial score (nSPS) is 11.1. The van der Waals surface area contributed by atoms with Crippen LogP contribution in [0.1, 0.15) is 19.4 Å². The SMILES string of the molecule is CC(C)CNCc1ccc(Sc2ccc(F)c(F)c2)cc1. The van der Waals surface area contributed by atoms with Gasteiger partial charge in [-0.25, -0.2) is 8.78 Å². The summed E-state index contributed by atoms with van der Waals surface area (Å²) in [6.07, 6.45) is 0.